The van der Waals surface area contributed by atoms with Crippen LogP contribution in [0.4, 0.5) is 0 Å². The maximum absolute atomic E-state index is 11.0. The average molecular weight is 219 g/mol. The van der Waals surface area contributed by atoms with Gasteiger partial charge in [-0.05, 0) is 6.92 Å². The number of carbonyl (C=O) groups is 1. The molecule has 0 heterocycles. The lowest BCUT2D eigenvalue weighted by atomic mass is 10.4. The van der Waals surface area contributed by atoms with Crippen molar-refractivity contribution >= 4 is 5.91 Å². The first-order valence-corrected chi connectivity index (χ1v) is 5.22. The summed E-state index contributed by atoms with van der Waals surface area (Å²) in [6.07, 6.45) is 0.409. The topological polar surface area (TPSA) is 56.8 Å². The molecule has 5 nitrogen and oxygen atoms in total. The van der Waals surface area contributed by atoms with Crippen LogP contribution in [-0.4, -0.2) is 52.6 Å². The van der Waals surface area contributed by atoms with Crippen molar-refractivity contribution in [1.29, 1.82) is 0 Å². The summed E-state index contributed by atoms with van der Waals surface area (Å²) in [5.74, 6) is 0.0257. The molecule has 0 bridgehead atoms. The van der Waals surface area contributed by atoms with Crippen LogP contribution in [0.2, 0.25) is 0 Å². The highest BCUT2D eigenvalue weighted by atomic mass is 16.5. The largest absolute Gasteiger partial charge is 0.382 e. The summed E-state index contributed by atoms with van der Waals surface area (Å²) in [5.41, 5.74) is 0. The van der Waals surface area contributed by atoms with E-state index in [0.29, 0.717) is 46.0 Å². The van der Waals surface area contributed by atoms with E-state index < -0.39 is 0 Å². The molecule has 0 aromatic heterocycles. The minimum atomic E-state index is 0.0257. The molecule has 1 N–H and O–H groups in total. The predicted octanol–water partition coefficient (Wildman–Crippen LogP) is 0.192. The highest BCUT2D eigenvalue weighted by molar-refractivity contribution is 5.75. The van der Waals surface area contributed by atoms with E-state index in [0.717, 1.165) is 0 Å². The van der Waals surface area contributed by atoms with Gasteiger partial charge in [-0.1, -0.05) is 0 Å². The molecular formula is C10H21NO4. The normalized spacial score (nSPS) is 10.3. The molecule has 0 aliphatic heterocycles. The van der Waals surface area contributed by atoms with E-state index in [1.807, 2.05) is 6.92 Å². The zero-order chi connectivity index (χ0) is 11.4. The van der Waals surface area contributed by atoms with Gasteiger partial charge in [0.15, 0.2) is 0 Å². The van der Waals surface area contributed by atoms with Crippen LogP contribution < -0.4 is 5.32 Å². The average Bonchev–Trinajstić information content (AvgIpc) is 2.22. The summed E-state index contributed by atoms with van der Waals surface area (Å²) in [6, 6.07) is 0. The lowest BCUT2D eigenvalue weighted by Crippen LogP contribution is -2.24. The van der Waals surface area contributed by atoms with E-state index in [2.05, 4.69) is 5.32 Å². The summed E-state index contributed by atoms with van der Waals surface area (Å²) in [7, 11) is 1.63. The van der Waals surface area contributed by atoms with Crippen molar-refractivity contribution in [2.75, 3.05) is 46.7 Å². The number of nitrogens with one attached hydrogen (secondary N) is 1. The molecule has 0 rings (SSSR count). The Bertz CT molecular complexity index is 152. The Morgan fingerprint density at radius 1 is 1.07 bits per heavy atom. The number of methoxy groups -OCH3 is 1. The molecule has 0 aliphatic rings. The van der Waals surface area contributed by atoms with Crippen LogP contribution in [0.15, 0.2) is 0 Å². The van der Waals surface area contributed by atoms with Crippen molar-refractivity contribution in [3.8, 4) is 0 Å². The van der Waals surface area contributed by atoms with E-state index in [1.165, 1.54) is 0 Å². The Balaban J connectivity index is 3.01. The Morgan fingerprint density at radius 3 is 2.27 bits per heavy atom. The predicted molar refractivity (Wildman–Crippen MR) is 56.8 cm³/mol. The summed E-state index contributed by atoms with van der Waals surface area (Å²) >= 11 is 0. The molecule has 0 fully saturated rings. The molecule has 0 unspecified atom stereocenters. The lowest BCUT2D eigenvalue weighted by Gasteiger charge is -2.05. The Hall–Kier alpha value is -0.650. The van der Waals surface area contributed by atoms with Gasteiger partial charge in [0.05, 0.1) is 33.0 Å². The number of hydrogen-bond donors (Lipinski definition) is 1. The van der Waals surface area contributed by atoms with Crippen molar-refractivity contribution in [1.82, 2.24) is 5.32 Å². The van der Waals surface area contributed by atoms with Crippen LogP contribution in [0.3, 0.4) is 0 Å². The first-order valence-electron chi connectivity index (χ1n) is 5.22. The molecule has 0 aromatic rings. The SMILES string of the molecule is CCNC(=O)CCOCCOCCOC. The van der Waals surface area contributed by atoms with Crippen LogP contribution in [0.5, 0.6) is 0 Å². The van der Waals surface area contributed by atoms with Gasteiger partial charge in [0.2, 0.25) is 5.91 Å². The lowest BCUT2D eigenvalue weighted by molar-refractivity contribution is -0.122. The highest BCUT2D eigenvalue weighted by Gasteiger charge is 1.98. The molecule has 0 spiro atoms. The fourth-order valence-corrected chi connectivity index (χ4v) is 0.915. The van der Waals surface area contributed by atoms with Gasteiger partial charge < -0.3 is 19.5 Å². The van der Waals surface area contributed by atoms with Crippen LogP contribution >= 0.6 is 0 Å². The molecule has 0 aliphatic carbocycles. The monoisotopic (exact) mass is 219 g/mol. The molecule has 0 aromatic carbocycles. The van der Waals surface area contributed by atoms with E-state index in [9.17, 15) is 4.79 Å². The number of rotatable bonds is 10. The molecule has 0 atom stereocenters. The van der Waals surface area contributed by atoms with Gasteiger partial charge >= 0.3 is 0 Å². The third-order valence-corrected chi connectivity index (χ3v) is 1.65. The van der Waals surface area contributed by atoms with Crippen molar-refractivity contribution in [2.45, 2.75) is 13.3 Å². The molecule has 5 heteroatoms. The first kappa shape index (κ1) is 14.3. The van der Waals surface area contributed by atoms with Crippen molar-refractivity contribution in [3.05, 3.63) is 0 Å². The standard InChI is InChI=1S/C10H21NO4/c1-3-11-10(12)4-5-14-8-9-15-7-6-13-2/h3-9H2,1-2H3,(H,11,12). The minimum Gasteiger partial charge on any atom is -0.382 e. The third-order valence-electron chi connectivity index (χ3n) is 1.65. The second-order valence-corrected chi connectivity index (χ2v) is 2.92. The number of hydrogen-bond acceptors (Lipinski definition) is 4. The number of amides is 1. The third kappa shape index (κ3) is 11.3. The molecule has 90 valence electrons. The van der Waals surface area contributed by atoms with Crippen LogP contribution in [0.1, 0.15) is 13.3 Å². The molecule has 1 amide bonds. The van der Waals surface area contributed by atoms with Gasteiger partial charge in [-0.15, -0.1) is 0 Å². The Morgan fingerprint density at radius 2 is 1.67 bits per heavy atom. The second-order valence-electron chi connectivity index (χ2n) is 2.92. The first-order chi connectivity index (χ1) is 7.31. The van der Waals surface area contributed by atoms with Gasteiger partial charge in [-0.25, -0.2) is 0 Å². The van der Waals surface area contributed by atoms with E-state index in [-0.39, 0.29) is 5.91 Å². The fourth-order valence-electron chi connectivity index (χ4n) is 0.915. The Kier molecular flexibility index (Phi) is 10.9. The van der Waals surface area contributed by atoms with E-state index in [1.54, 1.807) is 7.11 Å². The smallest absolute Gasteiger partial charge is 0.222 e. The quantitative estimate of drug-likeness (QED) is 0.533. The zero-order valence-electron chi connectivity index (χ0n) is 9.58. The summed E-state index contributed by atoms with van der Waals surface area (Å²) in [5, 5.41) is 2.70. The fraction of sp³-hybridized carbons (Fsp3) is 0.900. The van der Waals surface area contributed by atoms with Gasteiger partial charge in [0, 0.05) is 20.1 Å². The van der Waals surface area contributed by atoms with Gasteiger partial charge in [-0.2, -0.15) is 0 Å². The summed E-state index contributed by atoms with van der Waals surface area (Å²) in [6.45, 7) is 5.23. The maximum Gasteiger partial charge on any atom is 0.222 e. The van der Waals surface area contributed by atoms with Crippen molar-refractivity contribution < 1.29 is 19.0 Å². The summed E-state index contributed by atoms with van der Waals surface area (Å²) in [4.78, 5) is 11.0. The summed E-state index contributed by atoms with van der Waals surface area (Å²) < 4.78 is 15.2. The molecular weight excluding hydrogens is 198 g/mol. The molecule has 0 radical (unpaired) electrons. The number of ether oxygens (including phenoxy) is 3. The molecule has 0 saturated carbocycles. The van der Waals surface area contributed by atoms with Crippen molar-refractivity contribution in [3.63, 3.8) is 0 Å². The number of carbonyl (C=O) groups excluding carboxylic acids is 1. The zero-order valence-corrected chi connectivity index (χ0v) is 9.58. The van der Waals surface area contributed by atoms with E-state index in [4.69, 9.17) is 14.2 Å². The maximum atomic E-state index is 11.0. The molecule has 0 saturated heterocycles. The van der Waals surface area contributed by atoms with Gasteiger partial charge in [0.1, 0.15) is 0 Å². The minimum absolute atomic E-state index is 0.0257. The van der Waals surface area contributed by atoms with Crippen LogP contribution in [0.25, 0.3) is 0 Å². The highest BCUT2D eigenvalue weighted by Crippen LogP contribution is 1.84. The Labute approximate surface area is 91.1 Å². The van der Waals surface area contributed by atoms with Crippen molar-refractivity contribution in [2.24, 2.45) is 0 Å². The molecule has 15 heavy (non-hydrogen) atoms. The van der Waals surface area contributed by atoms with Gasteiger partial charge in [-0.3, -0.25) is 4.79 Å². The van der Waals surface area contributed by atoms with Gasteiger partial charge in [0.25, 0.3) is 0 Å². The van der Waals surface area contributed by atoms with Crippen LogP contribution in [-0.2, 0) is 19.0 Å². The van der Waals surface area contributed by atoms with E-state index >= 15 is 0 Å². The second kappa shape index (κ2) is 11.4. The van der Waals surface area contributed by atoms with Crippen LogP contribution in [0, 0.1) is 0 Å².